The Morgan fingerprint density at radius 3 is 2.36 bits per heavy atom. The molecule has 0 fully saturated rings. The number of amidine groups is 1. The second-order valence-corrected chi connectivity index (χ2v) is 2.76. The quantitative estimate of drug-likeness (QED) is 0.357. The third kappa shape index (κ3) is 2.22. The van der Waals surface area contributed by atoms with E-state index in [4.69, 9.17) is 15.9 Å². The van der Waals surface area contributed by atoms with Crippen LogP contribution in [0.1, 0.15) is 20.8 Å². The molecule has 0 saturated carbocycles. The monoisotopic (exact) mass is 158 g/mol. The van der Waals surface area contributed by atoms with Crippen molar-refractivity contribution in [1.82, 2.24) is 0 Å². The van der Waals surface area contributed by atoms with E-state index in [1.54, 1.807) is 20.8 Å². The van der Waals surface area contributed by atoms with Gasteiger partial charge in [-0.05, 0) is 20.8 Å². The molecule has 0 atom stereocenters. The molecule has 64 valence electrons. The van der Waals surface area contributed by atoms with Crippen molar-refractivity contribution in [3.8, 4) is 0 Å². The van der Waals surface area contributed by atoms with Gasteiger partial charge in [0.25, 0.3) is 0 Å². The summed E-state index contributed by atoms with van der Waals surface area (Å²) in [6.07, 6.45) is 0. The van der Waals surface area contributed by atoms with Gasteiger partial charge in [0, 0.05) is 0 Å². The van der Waals surface area contributed by atoms with E-state index in [0.29, 0.717) is 6.61 Å². The van der Waals surface area contributed by atoms with Crippen molar-refractivity contribution in [3.05, 3.63) is 0 Å². The largest absolute Gasteiger partial charge is 0.465 e. The molecule has 4 nitrogen and oxygen atoms in total. The van der Waals surface area contributed by atoms with Crippen molar-refractivity contribution in [2.75, 3.05) is 6.61 Å². The maximum absolute atomic E-state index is 11.1. The highest BCUT2D eigenvalue weighted by atomic mass is 16.5. The second kappa shape index (κ2) is 3.37. The second-order valence-electron chi connectivity index (χ2n) is 2.76. The first kappa shape index (κ1) is 9.94. The molecule has 0 aromatic rings. The molecule has 0 rings (SSSR count). The van der Waals surface area contributed by atoms with Crippen molar-refractivity contribution in [1.29, 1.82) is 5.41 Å². The average molecular weight is 158 g/mol. The van der Waals surface area contributed by atoms with E-state index >= 15 is 0 Å². The van der Waals surface area contributed by atoms with Crippen LogP contribution in [0.2, 0.25) is 0 Å². The van der Waals surface area contributed by atoms with Crippen molar-refractivity contribution < 1.29 is 9.53 Å². The van der Waals surface area contributed by atoms with Gasteiger partial charge < -0.3 is 10.5 Å². The molecular weight excluding hydrogens is 144 g/mol. The van der Waals surface area contributed by atoms with Gasteiger partial charge in [0.05, 0.1) is 6.61 Å². The van der Waals surface area contributed by atoms with Gasteiger partial charge in [-0.15, -0.1) is 0 Å². The number of carbonyl (C=O) groups excluding carboxylic acids is 1. The smallest absolute Gasteiger partial charge is 0.319 e. The van der Waals surface area contributed by atoms with Crippen LogP contribution >= 0.6 is 0 Å². The van der Waals surface area contributed by atoms with Gasteiger partial charge in [0.2, 0.25) is 0 Å². The maximum Gasteiger partial charge on any atom is 0.319 e. The molecule has 0 amide bonds. The van der Waals surface area contributed by atoms with E-state index in [-0.39, 0.29) is 5.84 Å². The van der Waals surface area contributed by atoms with Crippen LogP contribution in [0.3, 0.4) is 0 Å². The number of hydrogen-bond donors (Lipinski definition) is 2. The molecule has 0 radical (unpaired) electrons. The third-order valence-electron chi connectivity index (χ3n) is 1.46. The topological polar surface area (TPSA) is 76.2 Å². The molecule has 0 aromatic heterocycles. The SMILES string of the molecule is CCOC(=O)C(C)(C)C(=N)N. The summed E-state index contributed by atoms with van der Waals surface area (Å²) in [6, 6.07) is 0. The van der Waals surface area contributed by atoms with Crippen LogP contribution in [-0.2, 0) is 9.53 Å². The van der Waals surface area contributed by atoms with Gasteiger partial charge in [0.15, 0.2) is 0 Å². The Hall–Kier alpha value is -1.06. The van der Waals surface area contributed by atoms with E-state index in [2.05, 4.69) is 0 Å². The molecule has 0 saturated heterocycles. The molecule has 3 N–H and O–H groups in total. The highest BCUT2D eigenvalue weighted by molar-refractivity contribution is 6.02. The Labute approximate surface area is 66.2 Å². The predicted molar refractivity (Wildman–Crippen MR) is 42.3 cm³/mol. The third-order valence-corrected chi connectivity index (χ3v) is 1.46. The lowest BCUT2D eigenvalue weighted by molar-refractivity contribution is -0.149. The van der Waals surface area contributed by atoms with Crippen LogP contribution in [-0.4, -0.2) is 18.4 Å². The molecule has 0 aliphatic rings. The van der Waals surface area contributed by atoms with Gasteiger partial charge >= 0.3 is 5.97 Å². The average Bonchev–Trinajstić information content (AvgIpc) is 1.88. The Kier molecular flexibility index (Phi) is 3.04. The molecular formula is C7H14N2O2. The van der Waals surface area contributed by atoms with E-state index in [1.165, 1.54) is 0 Å². The van der Waals surface area contributed by atoms with Crippen LogP contribution in [0, 0.1) is 10.8 Å². The van der Waals surface area contributed by atoms with E-state index in [0.717, 1.165) is 0 Å². The first-order chi connectivity index (χ1) is 4.92. The molecule has 0 bridgehead atoms. The van der Waals surface area contributed by atoms with Gasteiger partial charge in [0.1, 0.15) is 11.3 Å². The Morgan fingerprint density at radius 2 is 2.09 bits per heavy atom. The van der Waals surface area contributed by atoms with Gasteiger partial charge in [-0.3, -0.25) is 10.2 Å². The number of nitrogens with two attached hydrogens (primary N) is 1. The summed E-state index contributed by atoms with van der Waals surface area (Å²) in [5.74, 6) is -0.622. The summed E-state index contributed by atoms with van der Waals surface area (Å²) in [5.41, 5.74) is 4.19. The standard InChI is InChI=1S/C7H14N2O2/c1-4-11-6(10)7(2,3)5(8)9/h4H2,1-3H3,(H3,8,9). The van der Waals surface area contributed by atoms with E-state index < -0.39 is 11.4 Å². The number of hydrogen-bond acceptors (Lipinski definition) is 3. The molecule has 0 unspecified atom stereocenters. The fourth-order valence-electron chi connectivity index (χ4n) is 0.421. The highest BCUT2D eigenvalue weighted by Crippen LogP contribution is 2.15. The zero-order chi connectivity index (χ0) is 9.07. The van der Waals surface area contributed by atoms with Crippen LogP contribution in [0.4, 0.5) is 0 Å². The number of ether oxygens (including phenoxy) is 1. The lowest BCUT2D eigenvalue weighted by atomic mass is 9.92. The van der Waals surface area contributed by atoms with Crippen LogP contribution in [0.25, 0.3) is 0 Å². The normalized spacial score (nSPS) is 10.8. The Bertz CT molecular complexity index is 175. The summed E-state index contributed by atoms with van der Waals surface area (Å²) in [7, 11) is 0. The fraction of sp³-hybridized carbons (Fsp3) is 0.714. The van der Waals surface area contributed by atoms with Crippen molar-refractivity contribution >= 4 is 11.8 Å². The molecule has 0 heterocycles. The first-order valence-corrected chi connectivity index (χ1v) is 3.44. The molecule has 4 heteroatoms. The van der Waals surface area contributed by atoms with E-state index in [9.17, 15) is 4.79 Å². The lowest BCUT2D eigenvalue weighted by Crippen LogP contribution is -2.39. The zero-order valence-corrected chi connectivity index (χ0v) is 7.10. The van der Waals surface area contributed by atoms with E-state index in [1.807, 2.05) is 0 Å². The molecule has 0 spiro atoms. The molecule has 0 aromatic carbocycles. The summed E-state index contributed by atoms with van der Waals surface area (Å²) >= 11 is 0. The van der Waals surface area contributed by atoms with Crippen molar-refractivity contribution in [3.63, 3.8) is 0 Å². The Balaban J connectivity index is 4.30. The maximum atomic E-state index is 11.1. The minimum absolute atomic E-state index is 0.170. The minimum atomic E-state index is -0.990. The summed E-state index contributed by atoms with van der Waals surface area (Å²) in [5, 5.41) is 7.08. The van der Waals surface area contributed by atoms with Crippen molar-refractivity contribution in [2.24, 2.45) is 11.1 Å². The minimum Gasteiger partial charge on any atom is -0.465 e. The fourth-order valence-corrected chi connectivity index (χ4v) is 0.421. The summed E-state index contributed by atoms with van der Waals surface area (Å²) < 4.78 is 4.71. The molecule has 11 heavy (non-hydrogen) atoms. The first-order valence-electron chi connectivity index (χ1n) is 3.44. The van der Waals surface area contributed by atoms with Gasteiger partial charge in [-0.2, -0.15) is 0 Å². The van der Waals surface area contributed by atoms with Gasteiger partial charge in [-0.1, -0.05) is 0 Å². The lowest BCUT2D eigenvalue weighted by Gasteiger charge is -2.19. The highest BCUT2D eigenvalue weighted by Gasteiger charge is 2.32. The zero-order valence-electron chi connectivity index (χ0n) is 7.10. The summed E-state index contributed by atoms with van der Waals surface area (Å²) in [6.45, 7) is 5.16. The van der Waals surface area contributed by atoms with Crippen LogP contribution in [0.5, 0.6) is 0 Å². The number of nitrogens with one attached hydrogen (secondary N) is 1. The molecule has 0 aliphatic carbocycles. The number of rotatable bonds is 3. The van der Waals surface area contributed by atoms with Gasteiger partial charge in [-0.25, -0.2) is 0 Å². The van der Waals surface area contributed by atoms with Crippen molar-refractivity contribution in [2.45, 2.75) is 20.8 Å². The van der Waals surface area contributed by atoms with Crippen LogP contribution < -0.4 is 5.73 Å². The Morgan fingerprint density at radius 1 is 1.64 bits per heavy atom. The van der Waals surface area contributed by atoms with Crippen LogP contribution in [0.15, 0.2) is 0 Å². The summed E-state index contributed by atoms with van der Waals surface area (Å²) in [4.78, 5) is 11.1. The number of carbonyl (C=O) groups is 1. The molecule has 0 aliphatic heterocycles. The number of esters is 1. The predicted octanol–water partition coefficient (Wildman–Crippen LogP) is 0.512.